The number of amides is 2. The number of halogens is 2. The summed E-state index contributed by atoms with van der Waals surface area (Å²) >= 11 is 0. The van der Waals surface area contributed by atoms with E-state index >= 15 is 0 Å². The molecule has 1 aromatic carbocycles. The molecular formula is C15H20F2N2O3. The standard InChI is InChI=1S/C15H20F2N2O3/c1-9(2)19(8-10(3)20)14(21)7-18-15(22)11-4-12(16)6-13(17)5-11/h4-6,9-10,20H,7-8H2,1-3H3,(H,18,22). The van der Waals surface area contributed by atoms with Gasteiger partial charge in [-0.3, -0.25) is 9.59 Å². The molecule has 1 unspecified atom stereocenters. The Hall–Kier alpha value is -2.02. The number of benzene rings is 1. The van der Waals surface area contributed by atoms with E-state index in [1.165, 1.54) is 4.90 Å². The highest BCUT2D eigenvalue weighted by atomic mass is 19.1. The Bertz CT molecular complexity index is 527. The molecule has 0 aromatic heterocycles. The van der Waals surface area contributed by atoms with E-state index in [9.17, 15) is 23.5 Å². The van der Waals surface area contributed by atoms with Gasteiger partial charge >= 0.3 is 0 Å². The maximum Gasteiger partial charge on any atom is 0.251 e. The number of aliphatic hydroxyl groups excluding tert-OH is 1. The molecular weight excluding hydrogens is 294 g/mol. The lowest BCUT2D eigenvalue weighted by Crippen LogP contribution is -2.46. The van der Waals surface area contributed by atoms with Crippen molar-refractivity contribution in [3.63, 3.8) is 0 Å². The molecule has 0 heterocycles. The summed E-state index contributed by atoms with van der Waals surface area (Å²) in [5.74, 6) is -2.86. The van der Waals surface area contributed by atoms with E-state index in [1.807, 2.05) is 0 Å². The highest BCUT2D eigenvalue weighted by Crippen LogP contribution is 2.08. The van der Waals surface area contributed by atoms with Gasteiger partial charge in [-0.1, -0.05) is 0 Å². The normalized spacial score (nSPS) is 12.1. The minimum atomic E-state index is -0.866. The molecule has 0 saturated carbocycles. The van der Waals surface area contributed by atoms with Crippen LogP contribution < -0.4 is 5.32 Å². The predicted octanol–water partition coefficient (Wildman–Crippen LogP) is 1.31. The Kier molecular flexibility index (Phi) is 6.42. The summed E-state index contributed by atoms with van der Waals surface area (Å²) in [4.78, 5) is 25.3. The minimum Gasteiger partial charge on any atom is -0.392 e. The molecule has 1 rings (SSSR count). The van der Waals surface area contributed by atoms with E-state index in [0.717, 1.165) is 12.1 Å². The second-order valence-electron chi connectivity index (χ2n) is 5.33. The van der Waals surface area contributed by atoms with Crippen LogP contribution in [0.2, 0.25) is 0 Å². The molecule has 5 nitrogen and oxygen atoms in total. The Morgan fingerprint density at radius 2 is 1.73 bits per heavy atom. The fourth-order valence-corrected chi connectivity index (χ4v) is 1.93. The lowest BCUT2D eigenvalue weighted by Gasteiger charge is -2.28. The Morgan fingerprint density at radius 1 is 1.18 bits per heavy atom. The van der Waals surface area contributed by atoms with Crippen LogP contribution in [-0.4, -0.2) is 47.1 Å². The first-order valence-corrected chi connectivity index (χ1v) is 6.92. The summed E-state index contributed by atoms with van der Waals surface area (Å²) in [5, 5.41) is 11.7. The third-order valence-electron chi connectivity index (χ3n) is 2.93. The first-order valence-electron chi connectivity index (χ1n) is 6.92. The van der Waals surface area contributed by atoms with Crippen LogP contribution >= 0.6 is 0 Å². The summed E-state index contributed by atoms with van der Waals surface area (Å²) < 4.78 is 26.1. The van der Waals surface area contributed by atoms with Gasteiger partial charge in [-0.05, 0) is 32.9 Å². The highest BCUT2D eigenvalue weighted by Gasteiger charge is 2.19. The van der Waals surface area contributed by atoms with Crippen molar-refractivity contribution >= 4 is 11.8 Å². The molecule has 2 amide bonds. The molecule has 0 aliphatic heterocycles. The van der Waals surface area contributed by atoms with E-state index in [0.29, 0.717) is 6.07 Å². The third kappa shape index (κ3) is 5.40. The van der Waals surface area contributed by atoms with Crippen molar-refractivity contribution in [3.8, 4) is 0 Å². The van der Waals surface area contributed by atoms with Crippen molar-refractivity contribution in [1.82, 2.24) is 10.2 Å². The zero-order valence-corrected chi connectivity index (χ0v) is 12.8. The Labute approximate surface area is 127 Å². The molecule has 0 aliphatic rings. The fourth-order valence-electron chi connectivity index (χ4n) is 1.93. The molecule has 1 atom stereocenters. The largest absolute Gasteiger partial charge is 0.392 e. The van der Waals surface area contributed by atoms with Gasteiger partial charge in [0.2, 0.25) is 5.91 Å². The lowest BCUT2D eigenvalue weighted by molar-refractivity contribution is -0.133. The van der Waals surface area contributed by atoms with Gasteiger partial charge in [0.05, 0.1) is 12.6 Å². The predicted molar refractivity (Wildman–Crippen MR) is 77.2 cm³/mol. The maximum atomic E-state index is 13.0. The zero-order chi connectivity index (χ0) is 16.9. The number of hydrogen-bond acceptors (Lipinski definition) is 3. The van der Waals surface area contributed by atoms with Gasteiger partial charge in [0.25, 0.3) is 5.91 Å². The van der Waals surface area contributed by atoms with Crippen LogP contribution in [-0.2, 0) is 4.79 Å². The molecule has 0 saturated heterocycles. The quantitative estimate of drug-likeness (QED) is 0.832. The first-order chi connectivity index (χ1) is 10.2. The molecule has 0 spiro atoms. The van der Waals surface area contributed by atoms with Crippen molar-refractivity contribution in [2.24, 2.45) is 0 Å². The number of aliphatic hydroxyl groups is 1. The van der Waals surface area contributed by atoms with Gasteiger partial charge in [0.1, 0.15) is 11.6 Å². The Balaban J connectivity index is 2.67. The van der Waals surface area contributed by atoms with E-state index in [2.05, 4.69) is 5.32 Å². The molecule has 0 aliphatic carbocycles. The van der Waals surface area contributed by atoms with Crippen LogP contribution in [0.15, 0.2) is 18.2 Å². The van der Waals surface area contributed by atoms with E-state index < -0.39 is 23.6 Å². The number of rotatable bonds is 6. The summed E-state index contributed by atoms with van der Waals surface area (Å²) in [7, 11) is 0. The molecule has 1 aromatic rings. The number of carbonyl (C=O) groups is 2. The van der Waals surface area contributed by atoms with E-state index in [-0.39, 0.29) is 30.6 Å². The number of nitrogens with zero attached hydrogens (tertiary/aromatic N) is 1. The zero-order valence-electron chi connectivity index (χ0n) is 12.8. The Morgan fingerprint density at radius 3 is 2.18 bits per heavy atom. The smallest absolute Gasteiger partial charge is 0.251 e. The highest BCUT2D eigenvalue weighted by molar-refractivity contribution is 5.96. The molecule has 122 valence electrons. The van der Waals surface area contributed by atoms with Crippen molar-refractivity contribution in [2.45, 2.75) is 32.9 Å². The second-order valence-corrected chi connectivity index (χ2v) is 5.33. The van der Waals surface area contributed by atoms with Gasteiger partial charge in [-0.25, -0.2) is 8.78 Å². The summed E-state index contributed by atoms with van der Waals surface area (Å²) in [6.07, 6.45) is -0.695. The molecule has 0 bridgehead atoms. The molecule has 0 fully saturated rings. The maximum absolute atomic E-state index is 13.0. The minimum absolute atomic E-state index is 0.140. The summed E-state index contributed by atoms with van der Waals surface area (Å²) in [5.41, 5.74) is -0.197. The first kappa shape index (κ1) is 18.0. The van der Waals surface area contributed by atoms with Crippen LogP contribution in [0, 0.1) is 11.6 Å². The lowest BCUT2D eigenvalue weighted by atomic mass is 10.2. The topological polar surface area (TPSA) is 69.6 Å². The van der Waals surface area contributed by atoms with Crippen molar-refractivity contribution < 1.29 is 23.5 Å². The van der Waals surface area contributed by atoms with Gasteiger partial charge in [-0.2, -0.15) is 0 Å². The van der Waals surface area contributed by atoms with Crippen LogP contribution in [0.5, 0.6) is 0 Å². The molecule has 22 heavy (non-hydrogen) atoms. The molecule has 0 radical (unpaired) electrons. The van der Waals surface area contributed by atoms with Crippen LogP contribution in [0.1, 0.15) is 31.1 Å². The van der Waals surface area contributed by atoms with Gasteiger partial charge in [0, 0.05) is 24.2 Å². The number of carbonyl (C=O) groups excluding carboxylic acids is 2. The van der Waals surface area contributed by atoms with E-state index in [4.69, 9.17) is 0 Å². The van der Waals surface area contributed by atoms with Crippen molar-refractivity contribution in [3.05, 3.63) is 35.4 Å². The van der Waals surface area contributed by atoms with Crippen molar-refractivity contribution in [1.29, 1.82) is 0 Å². The number of nitrogens with one attached hydrogen (secondary N) is 1. The summed E-state index contributed by atoms with van der Waals surface area (Å²) in [6, 6.07) is 2.29. The van der Waals surface area contributed by atoms with Gasteiger partial charge in [-0.15, -0.1) is 0 Å². The molecule has 7 heteroatoms. The van der Waals surface area contributed by atoms with Crippen LogP contribution in [0.3, 0.4) is 0 Å². The fraction of sp³-hybridized carbons (Fsp3) is 0.467. The van der Waals surface area contributed by atoms with Crippen LogP contribution in [0.25, 0.3) is 0 Å². The molecule has 2 N–H and O–H groups in total. The average Bonchev–Trinajstić information content (AvgIpc) is 2.40. The van der Waals surface area contributed by atoms with Gasteiger partial charge in [0.15, 0.2) is 0 Å². The third-order valence-corrected chi connectivity index (χ3v) is 2.93. The summed E-state index contributed by atoms with van der Waals surface area (Å²) in [6.45, 7) is 4.94. The van der Waals surface area contributed by atoms with Crippen LogP contribution in [0.4, 0.5) is 8.78 Å². The SMILES string of the molecule is CC(O)CN(C(=O)CNC(=O)c1cc(F)cc(F)c1)C(C)C. The van der Waals surface area contributed by atoms with Gasteiger partial charge < -0.3 is 15.3 Å². The number of hydrogen-bond donors (Lipinski definition) is 2. The van der Waals surface area contributed by atoms with E-state index in [1.54, 1.807) is 20.8 Å². The monoisotopic (exact) mass is 314 g/mol. The van der Waals surface area contributed by atoms with Crippen molar-refractivity contribution in [2.75, 3.05) is 13.1 Å². The average molecular weight is 314 g/mol. The second kappa shape index (κ2) is 7.84.